The zero-order chi connectivity index (χ0) is 8.59. The number of halogens is 1. The summed E-state index contributed by atoms with van der Waals surface area (Å²) in [6.07, 6.45) is 0.898. The van der Waals surface area contributed by atoms with E-state index in [9.17, 15) is 9.59 Å². The normalized spacial score (nSPS) is 31.2. The van der Waals surface area contributed by atoms with Gasteiger partial charge in [0.2, 0.25) is 0 Å². The van der Waals surface area contributed by atoms with Crippen molar-refractivity contribution in [2.75, 3.05) is 0 Å². The van der Waals surface area contributed by atoms with Crippen molar-refractivity contribution < 1.29 is 9.59 Å². The van der Waals surface area contributed by atoms with Crippen molar-refractivity contribution in [1.82, 2.24) is 0 Å². The Bertz CT molecular complexity index is 200. The van der Waals surface area contributed by atoms with Crippen molar-refractivity contribution in [2.24, 2.45) is 11.8 Å². The maximum absolute atomic E-state index is 11.2. The lowest BCUT2D eigenvalue weighted by atomic mass is 10.1. The van der Waals surface area contributed by atoms with E-state index in [1.807, 2.05) is 6.92 Å². The standard InChI is InChI=1S/C8H11ClO2/c1-4-3-6(4)8(11)7(9)5(2)10/h4,6-7H,3H2,1-2H3/t4?,6-,7?/m1/s1. The third-order valence-corrected chi connectivity index (χ3v) is 2.60. The first-order valence-corrected chi connectivity index (χ1v) is 4.16. The molecule has 0 amide bonds. The highest BCUT2D eigenvalue weighted by atomic mass is 35.5. The number of Topliss-reactive ketones (excluding diaryl/α,β-unsaturated/α-hetero) is 2. The van der Waals surface area contributed by atoms with Gasteiger partial charge in [-0.3, -0.25) is 9.59 Å². The average molecular weight is 175 g/mol. The number of alkyl halides is 1. The summed E-state index contributed by atoms with van der Waals surface area (Å²) in [5.41, 5.74) is 0. The second-order valence-corrected chi connectivity index (χ2v) is 3.63. The van der Waals surface area contributed by atoms with Crippen LogP contribution in [0.15, 0.2) is 0 Å². The van der Waals surface area contributed by atoms with Gasteiger partial charge in [0.1, 0.15) is 0 Å². The van der Waals surface area contributed by atoms with E-state index in [1.165, 1.54) is 6.92 Å². The van der Waals surface area contributed by atoms with Crippen molar-refractivity contribution in [3.05, 3.63) is 0 Å². The van der Waals surface area contributed by atoms with Gasteiger partial charge in [0.25, 0.3) is 0 Å². The quantitative estimate of drug-likeness (QED) is 0.479. The maximum Gasteiger partial charge on any atom is 0.161 e. The molecule has 0 radical (unpaired) electrons. The fourth-order valence-corrected chi connectivity index (χ4v) is 1.27. The summed E-state index contributed by atoms with van der Waals surface area (Å²) in [6, 6.07) is 0. The monoisotopic (exact) mass is 174 g/mol. The highest BCUT2D eigenvalue weighted by molar-refractivity contribution is 6.42. The predicted molar refractivity (Wildman–Crippen MR) is 42.6 cm³/mol. The molecule has 1 aliphatic rings. The Labute approximate surface area is 70.9 Å². The van der Waals surface area contributed by atoms with Crippen molar-refractivity contribution in [3.63, 3.8) is 0 Å². The molecule has 1 rings (SSSR count). The topological polar surface area (TPSA) is 34.1 Å². The van der Waals surface area contributed by atoms with Crippen LogP contribution in [0.2, 0.25) is 0 Å². The smallest absolute Gasteiger partial charge is 0.161 e. The number of rotatable bonds is 3. The van der Waals surface area contributed by atoms with Gasteiger partial charge in [0.05, 0.1) is 0 Å². The van der Waals surface area contributed by atoms with E-state index in [1.54, 1.807) is 0 Å². The molecule has 0 aliphatic heterocycles. The first-order chi connectivity index (χ1) is 5.04. The van der Waals surface area contributed by atoms with E-state index in [-0.39, 0.29) is 17.5 Å². The highest BCUT2D eigenvalue weighted by Crippen LogP contribution is 2.39. The maximum atomic E-state index is 11.2. The molecule has 0 heterocycles. The third-order valence-electron chi connectivity index (χ3n) is 2.08. The van der Waals surface area contributed by atoms with Crippen LogP contribution < -0.4 is 0 Å². The van der Waals surface area contributed by atoms with Crippen LogP contribution in [-0.2, 0) is 9.59 Å². The predicted octanol–water partition coefficient (Wildman–Crippen LogP) is 1.41. The van der Waals surface area contributed by atoms with E-state index in [0.29, 0.717) is 5.92 Å². The Morgan fingerprint density at radius 1 is 1.55 bits per heavy atom. The Kier molecular flexibility index (Phi) is 2.33. The lowest BCUT2D eigenvalue weighted by Crippen LogP contribution is -2.24. The van der Waals surface area contributed by atoms with Gasteiger partial charge in [-0.2, -0.15) is 0 Å². The molecule has 3 heteroatoms. The van der Waals surface area contributed by atoms with E-state index in [0.717, 1.165) is 6.42 Å². The first kappa shape index (κ1) is 8.72. The Morgan fingerprint density at radius 2 is 2.00 bits per heavy atom. The molecule has 62 valence electrons. The van der Waals surface area contributed by atoms with E-state index < -0.39 is 5.38 Å². The largest absolute Gasteiger partial charge is 0.298 e. The second-order valence-electron chi connectivity index (χ2n) is 3.20. The minimum absolute atomic E-state index is 0.0569. The van der Waals surface area contributed by atoms with E-state index >= 15 is 0 Å². The van der Waals surface area contributed by atoms with Gasteiger partial charge < -0.3 is 0 Å². The lowest BCUT2D eigenvalue weighted by Gasteiger charge is -2.01. The average Bonchev–Trinajstić information content (AvgIpc) is 2.63. The molecule has 0 bridgehead atoms. The summed E-state index contributed by atoms with van der Waals surface area (Å²) >= 11 is 5.57. The number of carbonyl (C=O) groups excluding carboxylic acids is 2. The molecule has 2 unspecified atom stereocenters. The number of hydrogen-bond donors (Lipinski definition) is 0. The molecule has 0 aromatic rings. The second kappa shape index (κ2) is 2.94. The molecule has 2 nitrogen and oxygen atoms in total. The van der Waals surface area contributed by atoms with Gasteiger partial charge in [0, 0.05) is 5.92 Å². The SMILES string of the molecule is CC(=O)C(Cl)C(=O)[C@@H]1CC1C. The molecule has 3 atom stereocenters. The molecule has 0 aromatic carbocycles. The van der Waals surface area contributed by atoms with Crippen molar-refractivity contribution >= 4 is 23.2 Å². The molecule has 0 spiro atoms. The van der Waals surface area contributed by atoms with Crippen LogP contribution in [0.3, 0.4) is 0 Å². The summed E-state index contributed by atoms with van der Waals surface area (Å²) in [7, 11) is 0. The summed E-state index contributed by atoms with van der Waals surface area (Å²) < 4.78 is 0. The fourth-order valence-electron chi connectivity index (χ4n) is 1.11. The van der Waals surface area contributed by atoms with Crippen LogP contribution in [0, 0.1) is 11.8 Å². The molecule has 1 saturated carbocycles. The zero-order valence-electron chi connectivity index (χ0n) is 6.63. The molecule has 0 N–H and O–H groups in total. The van der Waals surface area contributed by atoms with Crippen LogP contribution >= 0.6 is 11.6 Å². The van der Waals surface area contributed by atoms with Gasteiger partial charge in [-0.15, -0.1) is 11.6 Å². The minimum atomic E-state index is -0.898. The summed E-state index contributed by atoms with van der Waals surface area (Å²) in [5.74, 6) is 0.159. The molecule has 1 fully saturated rings. The van der Waals surface area contributed by atoms with Crippen molar-refractivity contribution in [3.8, 4) is 0 Å². The number of carbonyl (C=O) groups is 2. The van der Waals surface area contributed by atoms with Crippen LogP contribution in [-0.4, -0.2) is 16.9 Å². The Hall–Kier alpha value is -0.370. The van der Waals surface area contributed by atoms with Crippen LogP contribution in [0.5, 0.6) is 0 Å². The lowest BCUT2D eigenvalue weighted by molar-refractivity contribution is -0.126. The van der Waals surface area contributed by atoms with Crippen LogP contribution in [0.1, 0.15) is 20.3 Å². The zero-order valence-corrected chi connectivity index (χ0v) is 7.39. The fraction of sp³-hybridized carbons (Fsp3) is 0.750. The molecular weight excluding hydrogens is 164 g/mol. The van der Waals surface area contributed by atoms with Crippen molar-refractivity contribution in [2.45, 2.75) is 25.6 Å². The van der Waals surface area contributed by atoms with E-state index in [4.69, 9.17) is 11.6 Å². The molecule has 1 aliphatic carbocycles. The van der Waals surface area contributed by atoms with Gasteiger partial charge >= 0.3 is 0 Å². The summed E-state index contributed by atoms with van der Waals surface area (Å²) in [5, 5.41) is -0.898. The minimum Gasteiger partial charge on any atom is -0.298 e. The van der Waals surface area contributed by atoms with Crippen LogP contribution in [0.25, 0.3) is 0 Å². The van der Waals surface area contributed by atoms with Gasteiger partial charge in [-0.05, 0) is 19.3 Å². The number of hydrogen-bond acceptors (Lipinski definition) is 2. The Morgan fingerprint density at radius 3 is 2.27 bits per heavy atom. The Balaban J connectivity index is 2.48. The third kappa shape index (κ3) is 1.80. The van der Waals surface area contributed by atoms with E-state index in [2.05, 4.69) is 0 Å². The summed E-state index contributed by atoms with van der Waals surface area (Å²) in [6.45, 7) is 3.34. The van der Waals surface area contributed by atoms with Crippen LogP contribution in [0.4, 0.5) is 0 Å². The van der Waals surface area contributed by atoms with Crippen molar-refractivity contribution in [1.29, 1.82) is 0 Å². The molecule has 11 heavy (non-hydrogen) atoms. The molecule has 0 aromatic heterocycles. The number of ketones is 2. The molecular formula is C8H11ClO2. The highest BCUT2D eigenvalue weighted by Gasteiger charge is 2.42. The van der Waals surface area contributed by atoms with Gasteiger partial charge in [0.15, 0.2) is 16.9 Å². The summed E-state index contributed by atoms with van der Waals surface area (Å²) in [4.78, 5) is 21.9. The first-order valence-electron chi connectivity index (χ1n) is 3.72. The van der Waals surface area contributed by atoms with Gasteiger partial charge in [-0.1, -0.05) is 6.92 Å². The molecule has 0 saturated heterocycles. The van der Waals surface area contributed by atoms with Gasteiger partial charge in [-0.25, -0.2) is 0 Å².